The molecule has 1 aliphatic carbocycles. The second kappa shape index (κ2) is 13.0. The van der Waals surface area contributed by atoms with Crippen molar-refractivity contribution in [3.63, 3.8) is 0 Å². The summed E-state index contributed by atoms with van der Waals surface area (Å²) >= 11 is 6.23. The van der Waals surface area contributed by atoms with Crippen LogP contribution in [0.25, 0.3) is 11.3 Å². The number of halogens is 2. The molecule has 9 nitrogen and oxygen atoms in total. The Morgan fingerprint density at radius 2 is 1.80 bits per heavy atom. The minimum atomic E-state index is -0.594. The molecule has 214 valence electrons. The summed E-state index contributed by atoms with van der Waals surface area (Å²) in [6.07, 6.45) is 4.44. The van der Waals surface area contributed by atoms with Crippen LogP contribution in [0.5, 0.6) is 17.2 Å². The predicted molar refractivity (Wildman–Crippen MR) is 149 cm³/mol. The maximum Gasteiger partial charge on any atom is 0.257 e. The quantitative estimate of drug-likeness (QED) is 0.298. The minimum absolute atomic E-state index is 0.0230. The Bertz CT molecular complexity index is 1330. The van der Waals surface area contributed by atoms with Crippen LogP contribution in [0.4, 0.5) is 10.1 Å². The molecule has 40 heavy (non-hydrogen) atoms. The van der Waals surface area contributed by atoms with Crippen molar-refractivity contribution in [2.24, 2.45) is 5.92 Å². The fourth-order valence-corrected chi connectivity index (χ4v) is 5.46. The van der Waals surface area contributed by atoms with Crippen molar-refractivity contribution in [3.05, 3.63) is 52.5 Å². The molecule has 4 rings (SSSR count). The van der Waals surface area contributed by atoms with Crippen LogP contribution in [-0.4, -0.2) is 44.3 Å². The van der Waals surface area contributed by atoms with E-state index in [2.05, 4.69) is 15.8 Å². The van der Waals surface area contributed by atoms with Gasteiger partial charge in [0, 0.05) is 30.3 Å². The first-order valence-electron chi connectivity index (χ1n) is 13.1. The molecular weight excluding hydrogens is 541 g/mol. The summed E-state index contributed by atoms with van der Waals surface area (Å²) in [4.78, 5) is 26.3. The van der Waals surface area contributed by atoms with Gasteiger partial charge in [-0.05, 0) is 44.2 Å². The van der Waals surface area contributed by atoms with Gasteiger partial charge in [-0.3, -0.25) is 9.59 Å². The third kappa shape index (κ3) is 6.33. The SMILES string of the molecule is COc1cc(NC(=O)CCC2CCCCC2NC(=O)c2c(-c3c(F)cccc3Cl)noc2C)cc(OC)c1OC. The van der Waals surface area contributed by atoms with E-state index < -0.39 is 11.7 Å². The fourth-order valence-electron chi connectivity index (χ4n) is 5.21. The van der Waals surface area contributed by atoms with Crippen molar-refractivity contribution < 1.29 is 32.7 Å². The first-order valence-corrected chi connectivity index (χ1v) is 13.5. The number of carbonyl (C=O) groups excluding carboxylic acids is 2. The highest BCUT2D eigenvalue weighted by Gasteiger charge is 2.31. The molecule has 2 N–H and O–H groups in total. The van der Waals surface area contributed by atoms with Gasteiger partial charge in [0.2, 0.25) is 11.7 Å². The zero-order chi connectivity index (χ0) is 28.8. The van der Waals surface area contributed by atoms with Crippen LogP contribution in [0.2, 0.25) is 5.02 Å². The Labute approximate surface area is 237 Å². The molecular formula is C29H33ClFN3O6. The number of anilines is 1. The second-order valence-corrected chi connectivity index (χ2v) is 10.1. The molecule has 1 heterocycles. The van der Waals surface area contributed by atoms with Gasteiger partial charge in [-0.2, -0.15) is 0 Å². The number of aryl methyl sites for hydroxylation is 1. The van der Waals surface area contributed by atoms with Crippen molar-refractivity contribution in [3.8, 4) is 28.5 Å². The number of hydrogen-bond acceptors (Lipinski definition) is 7. The second-order valence-electron chi connectivity index (χ2n) is 9.68. The molecule has 1 fully saturated rings. The molecule has 1 aromatic heterocycles. The van der Waals surface area contributed by atoms with Gasteiger partial charge in [0.15, 0.2) is 11.5 Å². The Kier molecular flexibility index (Phi) is 9.52. The van der Waals surface area contributed by atoms with Gasteiger partial charge in [0.05, 0.1) is 31.9 Å². The fraction of sp³-hybridized carbons (Fsp3) is 0.414. The number of benzene rings is 2. The average molecular weight is 574 g/mol. The van der Waals surface area contributed by atoms with Crippen LogP contribution in [0, 0.1) is 18.7 Å². The Morgan fingerprint density at radius 1 is 1.10 bits per heavy atom. The molecule has 0 spiro atoms. The summed E-state index contributed by atoms with van der Waals surface area (Å²) in [5.41, 5.74) is 0.761. The molecule has 11 heteroatoms. The molecule has 3 aromatic rings. The third-order valence-corrected chi connectivity index (χ3v) is 7.52. The standard InChI is InChI=1S/C29H33ClFN3O6/c1-16-25(27(34-40-16)26-19(30)9-7-10-20(26)31)29(36)33-21-11-6-5-8-17(21)12-13-24(35)32-18-14-22(37-2)28(39-4)23(15-18)38-3/h7,9-10,14-15,17,21H,5-6,8,11-13H2,1-4H3,(H,32,35)(H,33,36). The van der Waals surface area contributed by atoms with Crippen LogP contribution in [0.15, 0.2) is 34.9 Å². The van der Waals surface area contributed by atoms with E-state index in [1.165, 1.54) is 39.5 Å². The van der Waals surface area contributed by atoms with E-state index in [9.17, 15) is 14.0 Å². The number of nitrogens with zero attached hydrogens (tertiary/aromatic N) is 1. The van der Waals surface area contributed by atoms with Crippen molar-refractivity contribution in [1.29, 1.82) is 0 Å². The third-order valence-electron chi connectivity index (χ3n) is 7.21. The molecule has 1 saturated carbocycles. The summed E-state index contributed by atoms with van der Waals surface area (Å²) < 4.78 is 35.9. The zero-order valence-electron chi connectivity index (χ0n) is 22.9. The first kappa shape index (κ1) is 29.2. The predicted octanol–water partition coefficient (Wildman–Crippen LogP) is 6.18. The van der Waals surface area contributed by atoms with Crippen LogP contribution in [0.1, 0.15) is 54.6 Å². The summed E-state index contributed by atoms with van der Waals surface area (Å²) in [7, 11) is 4.53. The van der Waals surface area contributed by atoms with Gasteiger partial charge in [0.25, 0.3) is 5.91 Å². The van der Waals surface area contributed by atoms with E-state index >= 15 is 0 Å². The summed E-state index contributed by atoms with van der Waals surface area (Å²) in [5, 5.41) is 10.1. The Hall–Kier alpha value is -3.79. The van der Waals surface area contributed by atoms with Gasteiger partial charge in [-0.1, -0.05) is 35.7 Å². The lowest BCUT2D eigenvalue weighted by Gasteiger charge is -2.32. The van der Waals surface area contributed by atoms with E-state index in [1.807, 2.05) is 0 Å². The van der Waals surface area contributed by atoms with Crippen LogP contribution >= 0.6 is 11.6 Å². The van der Waals surface area contributed by atoms with E-state index in [0.29, 0.717) is 29.4 Å². The van der Waals surface area contributed by atoms with Crippen molar-refractivity contribution >= 4 is 29.1 Å². The smallest absolute Gasteiger partial charge is 0.257 e. The monoisotopic (exact) mass is 573 g/mol. The zero-order valence-corrected chi connectivity index (χ0v) is 23.7. The van der Waals surface area contributed by atoms with Crippen LogP contribution in [-0.2, 0) is 4.79 Å². The van der Waals surface area contributed by atoms with E-state index in [0.717, 1.165) is 25.7 Å². The van der Waals surface area contributed by atoms with E-state index in [1.54, 1.807) is 19.1 Å². The van der Waals surface area contributed by atoms with E-state index in [4.69, 9.17) is 30.3 Å². The molecule has 0 bridgehead atoms. The maximum atomic E-state index is 14.6. The number of hydrogen-bond donors (Lipinski definition) is 2. The van der Waals surface area contributed by atoms with Crippen molar-refractivity contribution in [2.75, 3.05) is 26.6 Å². The first-order chi connectivity index (χ1) is 19.3. The summed E-state index contributed by atoms with van der Waals surface area (Å²) in [6.45, 7) is 1.60. The number of rotatable bonds is 10. The van der Waals surface area contributed by atoms with Crippen molar-refractivity contribution in [2.45, 2.75) is 51.5 Å². The highest BCUT2D eigenvalue weighted by molar-refractivity contribution is 6.33. The lowest BCUT2D eigenvalue weighted by Crippen LogP contribution is -2.42. The molecule has 0 saturated heterocycles. The largest absolute Gasteiger partial charge is 0.493 e. The highest BCUT2D eigenvalue weighted by Crippen LogP contribution is 2.40. The number of ether oxygens (including phenoxy) is 3. The number of aromatic nitrogens is 1. The van der Waals surface area contributed by atoms with Crippen molar-refractivity contribution in [1.82, 2.24) is 10.5 Å². The van der Waals surface area contributed by atoms with Gasteiger partial charge in [0.1, 0.15) is 22.8 Å². The maximum absolute atomic E-state index is 14.6. The number of nitrogens with one attached hydrogen (secondary N) is 2. The molecule has 2 amide bonds. The van der Waals surface area contributed by atoms with E-state index in [-0.39, 0.29) is 51.9 Å². The summed E-state index contributed by atoms with van der Waals surface area (Å²) in [6, 6.07) is 7.46. The van der Waals surface area contributed by atoms with Gasteiger partial charge in [-0.25, -0.2) is 4.39 Å². The lowest BCUT2D eigenvalue weighted by molar-refractivity contribution is -0.116. The van der Waals surface area contributed by atoms with Crippen LogP contribution < -0.4 is 24.8 Å². The molecule has 1 aliphatic rings. The molecule has 2 atom stereocenters. The van der Waals surface area contributed by atoms with Gasteiger partial charge >= 0.3 is 0 Å². The van der Waals surface area contributed by atoms with Crippen LogP contribution in [0.3, 0.4) is 0 Å². The average Bonchev–Trinajstić information content (AvgIpc) is 3.32. The normalized spacial score (nSPS) is 16.8. The highest BCUT2D eigenvalue weighted by atomic mass is 35.5. The molecule has 2 aromatic carbocycles. The number of methoxy groups -OCH3 is 3. The number of amides is 2. The Morgan fingerprint density at radius 3 is 2.45 bits per heavy atom. The minimum Gasteiger partial charge on any atom is -0.493 e. The topological polar surface area (TPSA) is 112 Å². The number of carbonyl (C=O) groups is 2. The van der Waals surface area contributed by atoms with Gasteiger partial charge < -0.3 is 29.4 Å². The molecule has 2 unspecified atom stereocenters. The lowest BCUT2D eigenvalue weighted by atomic mass is 9.81. The van der Waals surface area contributed by atoms with Gasteiger partial charge in [-0.15, -0.1) is 0 Å². The Balaban J connectivity index is 1.43. The summed E-state index contributed by atoms with van der Waals surface area (Å²) in [5.74, 6) is 0.492. The molecule has 0 aliphatic heterocycles. The molecule has 0 radical (unpaired) electrons.